The van der Waals surface area contributed by atoms with Crippen LogP contribution in [0.5, 0.6) is 0 Å². The van der Waals surface area contributed by atoms with Gasteiger partial charge in [-0.05, 0) is 33.4 Å². The molecule has 0 fully saturated rings. The number of rotatable bonds is 15. The Morgan fingerprint density at radius 3 is 1.60 bits per heavy atom. The Balaban J connectivity index is 3.50. The van der Waals surface area contributed by atoms with Gasteiger partial charge in [-0.25, -0.2) is 0 Å². The van der Waals surface area contributed by atoms with E-state index in [2.05, 4.69) is 41.8 Å². The predicted octanol–water partition coefficient (Wildman–Crippen LogP) is 6.40. The van der Waals surface area contributed by atoms with Crippen molar-refractivity contribution in [3.8, 4) is 0 Å². The van der Waals surface area contributed by atoms with Crippen molar-refractivity contribution in [2.45, 2.75) is 96.4 Å². The monoisotopic (exact) mass is 347 g/mol. The maximum absolute atomic E-state index is 3.50. The molecule has 0 aliphatic heterocycles. The van der Waals surface area contributed by atoms with Gasteiger partial charge in [0.1, 0.15) is 0 Å². The highest BCUT2D eigenvalue weighted by Gasteiger charge is 2.10. The van der Waals surface area contributed by atoms with E-state index in [-0.39, 0.29) is 0 Å². The maximum atomic E-state index is 3.50. The zero-order chi connectivity index (χ0) is 15.1. The molecule has 122 valence electrons. The first kappa shape index (κ1) is 20.4. The highest BCUT2D eigenvalue weighted by atomic mass is 79.9. The van der Waals surface area contributed by atoms with Gasteiger partial charge < -0.3 is 4.90 Å². The number of hydrogen-bond donors (Lipinski definition) is 0. The molecule has 0 bridgehead atoms. The summed E-state index contributed by atoms with van der Waals surface area (Å²) in [6.45, 7) is 2.29. The Bertz CT molecular complexity index is 182. The molecule has 0 radical (unpaired) electrons. The van der Waals surface area contributed by atoms with E-state index >= 15 is 0 Å². The van der Waals surface area contributed by atoms with Crippen molar-refractivity contribution in [3.63, 3.8) is 0 Å². The third-order valence-electron chi connectivity index (χ3n) is 4.29. The summed E-state index contributed by atoms with van der Waals surface area (Å²) in [7, 11) is 4.51. The lowest BCUT2D eigenvalue weighted by molar-refractivity contribution is 0.251. The fourth-order valence-electron chi connectivity index (χ4n) is 2.83. The first-order chi connectivity index (χ1) is 9.72. The molecule has 0 aliphatic carbocycles. The predicted molar refractivity (Wildman–Crippen MR) is 97.0 cm³/mol. The molecule has 0 spiro atoms. The van der Waals surface area contributed by atoms with Gasteiger partial charge >= 0.3 is 0 Å². The number of halogens is 1. The zero-order valence-corrected chi connectivity index (χ0v) is 15.9. The lowest BCUT2D eigenvalue weighted by Crippen LogP contribution is -2.27. The van der Waals surface area contributed by atoms with Gasteiger partial charge in [0, 0.05) is 11.4 Å². The van der Waals surface area contributed by atoms with Crippen molar-refractivity contribution < 1.29 is 0 Å². The van der Waals surface area contributed by atoms with Crippen LogP contribution in [-0.4, -0.2) is 30.4 Å². The average Bonchev–Trinajstić information content (AvgIpc) is 2.43. The average molecular weight is 348 g/mol. The van der Waals surface area contributed by atoms with Crippen LogP contribution in [0.15, 0.2) is 0 Å². The Kier molecular flexibility index (Phi) is 16.2. The van der Waals surface area contributed by atoms with E-state index in [4.69, 9.17) is 0 Å². The fraction of sp³-hybridized carbons (Fsp3) is 1.00. The molecule has 0 N–H and O–H groups in total. The van der Waals surface area contributed by atoms with E-state index < -0.39 is 0 Å². The van der Waals surface area contributed by atoms with E-state index in [1.54, 1.807) is 0 Å². The van der Waals surface area contributed by atoms with Gasteiger partial charge in [0.2, 0.25) is 0 Å². The molecule has 0 aromatic heterocycles. The first-order valence-corrected chi connectivity index (χ1v) is 10.1. The van der Waals surface area contributed by atoms with Crippen molar-refractivity contribution in [3.05, 3.63) is 0 Å². The Labute approximate surface area is 137 Å². The van der Waals surface area contributed by atoms with Crippen molar-refractivity contribution in [1.82, 2.24) is 4.90 Å². The minimum Gasteiger partial charge on any atom is -0.306 e. The van der Waals surface area contributed by atoms with Crippen LogP contribution in [0.25, 0.3) is 0 Å². The summed E-state index contributed by atoms with van der Waals surface area (Å²) >= 11 is 3.50. The molecular weight excluding hydrogens is 310 g/mol. The summed E-state index contributed by atoms with van der Waals surface area (Å²) in [5, 5.41) is 1.17. The van der Waals surface area contributed by atoms with E-state index in [1.807, 2.05) is 0 Å². The number of unbranched alkanes of at least 4 members (excludes halogenated alkanes) is 9. The van der Waals surface area contributed by atoms with Crippen LogP contribution in [0.3, 0.4) is 0 Å². The second-order valence-corrected chi connectivity index (χ2v) is 7.21. The van der Waals surface area contributed by atoms with Gasteiger partial charge in [0.15, 0.2) is 0 Å². The molecule has 0 rings (SSSR count). The summed E-state index contributed by atoms with van der Waals surface area (Å²) in [6.07, 6.45) is 18.3. The largest absolute Gasteiger partial charge is 0.306 e. The highest BCUT2D eigenvalue weighted by Crippen LogP contribution is 2.16. The number of hydrogen-bond acceptors (Lipinski definition) is 1. The summed E-state index contributed by atoms with van der Waals surface area (Å²) in [5.74, 6) is 0. The van der Waals surface area contributed by atoms with Crippen LogP contribution in [-0.2, 0) is 0 Å². The summed E-state index contributed by atoms with van der Waals surface area (Å²) < 4.78 is 0. The van der Waals surface area contributed by atoms with Crippen LogP contribution in [0.4, 0.5) is 0 Å². The lowest BCUT2D eigenvalue weighted by atomic mass is 9.99. The topological polar surface area (TPSA) is 3.24 Å². The maximum Gasteiger partial charge on any atom is 0.00891 e. The van der Waals surface area contributed by atoms with Crippen LogP contribution >= 0.6 is 15.9 Å². The zero-order valence-electron chi connectivity index (χ0n) is 14.3. The molecule has 1 unspecified atom stereocenters. The molecule has 0 aromatic carbocycles. The van der Waals surface area contributed by atoms with Crippen LogP contribution in [0.1, 0.15) is 90.4 Å². The third kappa shape index (κ3) is 13.4. The normalized spacial score (nSPS) is 13.1. The van der Waals surface area contributed by atoms with E-state index in [9.17, 15) is 0 Å². The second-order valence-electron chi connectivity index (χ2n) is 6.42. The third-order valence-corrected chi connectivity index (χ3v) is 4.85. The first-order valence-electron chi connectivity index (χ1n) is 8.94. The lowest BCUT2D eigenvalue weighted by Gasteiger charge is -2.24. The van der Waals surface area contributed by atoms with Crippen molar-refractivity contribution in [1.29, 1.82) is 0 Å². The molecule has 0 saturated carbocycles. The molecule has 1 atom stereocenters. The highest BCUT2D eigenvalue weighted by molar-refractivity contribution is 9.09. The molecule has 1 nitrogen and oxygen atoms in total. The molecule has 20 heavy (non-hydrogen) atoms. The number of alkyl halides is 1. The quantitative estimate of drug-likeness (QED) is 0.244. The standard InChI is InChI=1S/C18H38BrN/c1-4-5-6-9-12-15-18(20(2)3)16-13-10-7-8-11-14-17-19/h18H,4-17H2,1-3H3. The molecule has 0 amide bonds. The van der Waals surface area contributed by atoms with Gasteiger partial charge in [-0.3, -0.25) is 0 Å². The summed E-state index contributed by atoms with van der Waals surface area (Å²) in [4.78, 5) is 2.45. The Morgan fingerprint density at radius 2 is 1.15 bits per heavy atom. The molecule has 0 saturated heterocycles. The van der Waals surface area contributed by atoms with E-state index in [0.29, 0.717) is 0 Å². The van der Waals surface area contributed by atoms with Gasteiger partial charge in [-0.1, -0.05) is 87.1 Å². The van der Waals surface area contributed by atoms with Gasteiger partial charge in [-0.15, -0.1) is 0 Å². The Morgan fingerprint density at radius 1 is 0.700 bits per heavy atom. The SMILES string of the molecule is CCCCCCCC(CCCCCCCCBr)N(C)C. The van der Waals surface area contributed by atoms with Gasteiger partial charge in [0.05, 0.1) is 0 Å². The Hall–Kier alpha value is 0.440. The molecule has 0 aliphatic rings. The number of nitrogens with zero attached hydrogens (tertiary/aromatic N) is 1. The minimum atomic E-state index is 0.819. The molecule has 0 aromatic rings. The summed E-state index contributed by atoms with van der Waals surface area (Å²) in [5.41, 5.74) is 0. The molecule has 0 heterocycles. The van der Waals surface area contributed by atoms with Crippen LogP contribution < -0.4 is 0 Å². The van der Waals surface area contributed by atoms with E-state index in [0.717, 1.165) is 6.04 Å². The van der Waals surface area contributed by atoms with E-state index in [1.165, 1.54) is 88.8 Å². The second kappa shape index (κ2) is 15.8. The van der Waals surface area contributed by atoms with Crippen molar-refractivity contribution in [2.24, 2.45) is 0 Å². The van der Waals surface area contributed by atoms with Crippen molar-refractivity contribution >= 4 is 15.9 Å². The van der Waals surface area contributed by atoms with Crippen LogP contribution in [0.2, 0.25) is 0 Å². The molecule has 2 heteroatoms. The smallest absolute Gasteiger partial charge is 0.00891 e. The summed E-state index contributed by atoms with van der Waals surface area (Å²) in [6, 6.07) is 0.819. The fourth-order valence-corrected chi connectivity index (χ4v) is 3.22. The molecular formula is C18H38BrN. The van der Waals surface area contributed by atoms with Gasteiger partial charge in [-0.2, -0.15) is 0 Å². The minimum absolute atomic E-state index is 0.819. The van der Waals surface area contributed by atoms with Gasteiger partial charge in [0.25, 0.3) is 0 Å². The van der Waals surface area contributed by atoms with Crippen LogP contribution in [0, 0.1) is 0 Å². The van der Waals surface area contributed by atoms with Crippen molar-refractivity contribution in [2.75, 3.05) is 19.4 Å².